The lowest BCUT2D eigenvalue weighted by atomic mass is 9.77. The Balaban J connectivity index is 2.50. The van der Waals surface area contributed by atoms with Crippen LogP contribution in [0.15, 0.2) is 0 Å². The Morgan fingerprint density at radius 3 is 2.13 bits per heavy atom. The highest BCUT2D eigenvalue weighted by atomic mass is 19.4. The normalized spacial score (nSPS) is 30.2. The molecule has 0 aliphatic heterocycles. The molecule has 1 atom stereocenters. The van der Waals surface area contributed by atoms with Gasteiger partial charge in [-0.1, -0.05) is 26.2 Å². The third kappa shape index (κ3) is 3.34. The van der Waals surface area contributed by atoms with Crippen molar-refractivity contribution >= 4 is 0 Å². The van der Waals surface area contributed by atoms with E-state index in [9.17, 15) is 13.2 Å². The number of halogens is 3. The Morgan fingerprint density at radius 2 is 1.80 bits per heavy atom. The summed E-state index contributed by atoms with van der Waals surface area (Å²) < 4.78 is 37.6. The minimum Gasteiger partial charge on any atom is -0.271 e. The van der Waals surface area contributed by atoms with Crippen LogP contribution in [0.4, 0.5) is 13.2 Å². The molecule has 0 amide bonds. The molecule has 1 fully saturated rings. The van der Waals surface area contributed by atoms with Gasteiger partial charge in [0.15, 0.2) is 0 Å². The van der Waals surface area contributed by atoms with E-state index in [0.717, 1.165) is 19.3 Å². The zero-order valence-electron chi connectivity index (χ0n) is 8.98. The molecule has 1 rings (SSSR count). The van der Waals surface area contributed by atoms with Gasteiger partial charge >= 0.3 is 6.18 Å². The first-order valence-corrected chi connectivity index (χ1v) is 5.51. The predicted molar refractivity (Wildman–Crippen MR) is 52.9 cm³/mol. The second-order valence-electron chi connectivity index (χ2n) is 4.38. The van der Waals surface area contributed by atoms with Crippen molar-refractivity contribution in [1.29, 1.82) is 0 Å². The van der Waals surface area contributed by atoms with Gasteiger partial charge in [-0.05, 0) is 24.7 Å². The molecule has 15 heavy (non-hydrogen) atoms. The lowest BCUT2D eigenvalue weighted by Gasteiger charge is -2.34. The van der Waals surface area contributed by atoms with Crippen LogP contribution in [0.25, 0.3) is 0 Å². The number of rotatable bonds is 3. The maximum atomic E-state index is 12.5. The molecule has 3 N–H and O–H groups in total. The SMILES string of the molecule is CCC1CCC(C(NN)C(F)(F)F)CC1. The van der Waals surface area contributed by atoms with E-state index in [1.54, 1.807) is 0 Å². The molecule has 0 aromatic heterocycles. The quantitative estimate of drug-likeness (QED) is 0.571. The number of nitrogens with one attached hydrogen (secondary N) is 1. The molecule has 0 spiro atoms. The Labute approximate surface area is 88.4 Å². The third-order valence-corrected chi connectivity index (χ3v) is 3.47. The molecular weight excluding hydrogens is 205 g/mol. The first kappa shape index (κ1) is 12.8. The average molecular weight is 224 g/mol. The van der Waals surface area contributed by atoms with Crippen molar-refractivity contribution in [2.24, 2.45) is 17.7 Å². The molecule has 1 unspecified atom stereocenters. The lowest BCUT2D eigenvalue weighted by molar-refractivity contribution is -0.171. The molecule has 5 heteroatoms. The summed E-state index contributed by atoms with van der Waals surface area (Å²) in [6.45, 7) is 2.09. The minimum atomic E-state index is -4.22. The van der Waals surface area contributed by atoms with E-state index in [0.29, 0.717) is 18.8 Å². The van der Waals surface area contributed by atoms with Crippen molar-refractivity contribution in [3.63, 3.8) is 0 Å². The largest absolute Gasteiger partial charge is 0.405 e. The summed E-state index contributed by atoms with van der Waals surface area (Å²) in [5.74, 6) is 5.24. The van der Waals surface area contributed by atoms with Gasteiger partial charge in [-0.15, -0.1) is 0 Å². The van der Waals surface area contributed by atoms with E-state index in [2.05, 4.69) is 6.92 Å². The molecule has 0 heterocycles. The maximum Gasteiger partial charge on any atom is 0.405 e. The number of alkyl halides is 3. The maximum absolute atomic E-state index is 12.5. The van der Waals surface area contributed by atoms with Gasteiger partial charge in [0, 0.05) is 0 Å². The summed E-state index contributed by atoms with van der Waals surface area (Å²) in [5, 5.41) is 0. The fourth-order valence-corrected chi connectivity index (χ4v) is 2.43. The minimum absolute atomic E-state index is 0.349. The molecule has 0 bridgehead atoms. The van der Waals surface area contributed by atoms with Gasteiger partial charge < -0.3 is 0 Å². The summed E-state index contributed by atoms with van der Waals surface area (Å²) in [5.41, 5.74) is 1.92. The van der Waals surface area contributed by atoms with Crippen molar-refractivity contribution < 1.29 is 13.2 Å². The molecule has 0 saturated heterocycles. The second kappa shape index (κ2) is 5.16. The fraction of sp³-hybridized carbons (Fsp3) is 1.00. The third-order valence-electron chi connectivity index (χ3n) is 3.47. The Hall–Kier alpha value is -0.290. The molecular formula is C10H19F3N2. The van der Waals surface area contributed by atoms with Gasteiger partial charge in [-0.3, -0.25) is 5.84 Å². The van der Waals surface area contributed by atoms with E-state index >= 15 is 0 Å². The first-order chi connectivity index (χ1) is 6.99. The van der Waals surface area contributed by atoms with Crippen LogP contribution in [-0.4, -0.2) is 12.2 Å². The molecule has 1 saturated carbocycles. The number of hydrogen-bond donors (Lipinski definition) is 2. The summed E-state index contributed by atoms with van der Waals surface area (Å²) in [7, 11) is 0. The summed E-state index contributed by atoms with van der Waals surface area (Å²) in [6.07, 6.45) is -0.0947. The Kier molecular flexibility index (Phi) is 4.40. The Morgan fingerprint density at radius 1 is 1.27 bits per heavy atom. The van der Waals surface area contributed by atoms with E-state index in [1.165, 1.54) is 0 Å². The zero-order chi connectivity index (χ0) is 11.5. The smallest absolute Gasteiger partial charge is 0.271 e. The second-order valence-corrected chi connectivity index (χ2v) is 4.38. The van der Waals surface area contributed by atoms with Crippen LogP contribution < -0.4 is 11.3 Å². The summed E-state index contributed by atoms with van der Waals surface area (Å²) in [6, 6.07) is -1.53. The Bertz CT molecular complexity index is 186. The van der Waals surface area contributed by atoms with E-state index in [1.807, 2.05) is 5.43 Å². The summed E-state index contributed by atoms with van der Waals surface area (Å²) >= 11 is 0. The van der Waals surface area contributed by atoms with Crippen molar-refractivity contribution in [1.82, 2.24) is 5.43 Å². The molecule has 0 aromatic carbocycles. The van der Waals surface area contributed by atoms with Crippen LogP contribution in [-0.2, 0) is 0 Å². The number of hydrogen-bond acceptors (Lipinski definition) is 2. The highest BCUT2D eigenvalue weighted by molar-refractivity contribution is 4.85. The standard InChI is InChI=1S/C10H19F3N2/c1-2-7-3-5-8(6-4-7)9(15-14)10(11,12)13/h7-9,15H,2-6,14H2,1H3. The van der Waals surface area contributed by atoms with Crippen LogP contribution in [0.2, 0.25) is 0 Å². The zero-order valence-corrected chi connectivity index (χ0v) is 8.98. The van der Waals surface area contributed by atoms with Gasteiger partial charge in [0.2, 0.25) is 0 Å². The van der Waals surface area contributed by atoms with Crippen LogP contribution in [0.3, 0.4) is 0 Å². The van der Waals surface area contributed by atoms with Gasteiger partial charge in [0.25, 0.3) is 0 Å². The summed E-state index contributed by atoms with van der Waals surface area (Å²) in [4.78, 5) is 0. The van der Waals surface area contributed by atoms with Crippen molar-refractivity contribution in [3.8, 4) is 0 Å². The van der Waals surface area contributed by atoms with Gasteiger partial charge in [0.05, 0.1) is 0 Å². The topological polar surface area (TPSA) is 38.0 Å². The lowest BCUT2D eigenvalue weighted by Crippen LogP contribution is -2.51. The van der Waals surface area contributed by atoms with Crippen LogP contribution in [0, 0.1) is 11.8 Å². The van der Waals surface area contributed by atoms with E-state index in [-0.39, 0.29) is 5.92 Å². The highest BCUT2D eigenvalue weighted by Gasteiger charge is 2.44. The number of hydrazine groups is 1. The van der Waals surface area contributed by atoms with E-state index in [4.69, 9.17) is 5.84 Å². The van der Waals surface area contributed by atoms with Crippen molar-refractivity contribution in [2.45, 2.75) is 51.2 Å². The molecule has 1 aliphatic carbocycles. The fourth-order valence-electron chi connectivity index (χ4n) is 2.43. The van der Waals surface area contributed by atoms with Crippen molar-refractivity contribution in [2.75, 3.05) is 0 Å². The molecule has 1 aliphatic rings. The van der Waals surface area contributed by atoms with Crippen molar-refractivity contribution in [3.05, 3.63) is 0 Å². The van der Waals surface area contributed by atoms with Gasteiger partial charge in [0.1, 0.15) is 6.04 Å². The van der Waals surface area contributed by atoms with E-state index < -0.39 is 12.2 Å². The number of nitrogens with two attached hydrogens (primary N) is 1. The monoisotopic (exact) mass is 224 g/mol. The molecule has 90 valence electrons. The van der Waals surface area contributed by atoms with Gasteiger partial charge in [-0.2, -0.15) is 13.2 Å². The van der Waals surface area contributed by atoms with Crippen LogP contribution in [0.1, 0.15) is 39.0 Å². The van der Waals surface area contributed by atoms with Crippen LogP contribution >= 0.6 is 0 Å². The van der Waals surface area contributed by atoms with Gasteiger partial charge in [-0.25, -0.2) is 5.43 Å². The first-order valence-electron chi connectivity index (χ1n) is 5.51. The highest BCUT2D eigenvalue weighted by Crippen LogP contribution is 2.37. The molecule has 0 aromatic rings. The van der Waals surface area contributed by atoms with Crippen LogP contribution in [0.5, 0.6) is 0 Å². The predicted octanol–water partition coefficient (Wildman–Crippen LogP) is 2.60. The average Bonchev–Trinajstić information content (AvgIpc) is 2.18. The molecule has 0 radical (unpaired) electrons. The molecule has 2 nitrogen and oxygen atoms in total.